The maximum absolute atomic E-state index is 12.8. The highest BCUT2D eigenvalue weighted by Crippen LogP contribution is 2.32. The Hall–Kier alpha value is -1.87. The number of carbonyl (C=O) groups is 3. The molecule has 1 atom stereocenters. The van der Waals surface area contributed by atoms with Crippen LogP contribution in [0.4, 0.5) is 5.69 Å². The molecule has 8 nitrogen and oxygen atoms in total. The van der Waals surface area contributed by atoms with Gasteiger partial charge in [-0.05, 0) is 18.6 Å². The molecule has 1 aromatic rings. The number of anilines is 1. The lowest BCUT2D eigenvalue weighted by Crippen LogP contribution is -2.52. The van der Waals surface area contributed by atoms with Crippen molar-refractivity contribution in [2.24, 2.45) is 0 Å². The Bertz CT molecular complexity index is 770. The van der Waals surface area contributed by atoms with Crippen molar-refractivity contribution in [3.05, 3.63) is 29.3 Å². The number of hydrogen-bond acceptors (Lipinski definition) is 6. The van der Waals surface area contributed by atoms with E-state index in [4.69, 9.17) is 0 Å². The van der Waals surface area contributed by atoms with Crippen LogP contribution in [0.5, 0.6) is 0 Å². The summed E-state index contributed by atoms with van der Waals surface area (Å²) in [5.74, 6) is -0.776. The summed E-state index contributed by atoms with van der Waals surface area (Å²) in [6.45, 7) is 6.31. The maximum Gasteiger partial charge on any atom is 0.255 e. The van der Waals surface area contributed by atoms with E-state index in [9.17, 15) is 14.4 Å². The molecular weight excluding hydrogens is 417 g/mol. The summed E-state index contributed by atoms with van der Waals surface area (Å²) in [4.78, 5) is 40.4. The van der Waals surface area contributed by atoms with Gasteiger partial charge in [-0.25, -0.2) is 0 Å². The van der Waals surface area contributed by atoms with E-state index in [0.29, 0.717) is 18.5 Å². The number of piperidine rings is 1. The molecule has 1 aromatic carbocycles. The number of nitrogens with one attached hydrogen (secondary N) is 3. The molecule has 4 rings (SSSR count). The second-order valence-electron chi connectivity index (χ2n) is 7.25. The van der Waals surface area contributed by atoms with Gasteiger partial charge < -0.3 is 15.5 Å². The average Bonchev–Trinajstić information content (AvgIpc) is 3.00. The minimum atomic E-state index is -0.573. The quantitative estimate of drug-likeness (QED) is 0.577. The van der Waals surface area contributed by atoms with Crippen molar-refractivity contribution < 1.29 is 14.4 Å². The lowest BCUT2D eigenvalue weighted by atomic mass is 10.0. The predicted molar refractivity (Wildman–Crippen MR) is 115 cm³/mol. The van der Waals surface area contributed by atoms with Crippen molar-refractivity contribution in [1.82, 2.24) is 20.4 Å². The predicted octanol–water partition coefficient (Wildman–Crippen LogP) is 0.608. The fraction of sp³-hybridized carbons (Fsp3) is 0.526. The molecule has 1 unspecified atom stereocenters. The van der Waals surface area contributed by atoms with Gasteiger partial charge in [0.15, 0.2) is 0 Å². The molecule has 3 N–H and O–H groups in total. The van der Waals surface area contributed by atoms with Crippen LogP contribution in [0.3, 0.4) is 0 Å². The van der Waals surface area contributed by atoms with E-state index in [2.05, 4.69) is 20.9 Å². The fourth-order valence-corrected chi connectivity index (χ4v) is 4.03. The molecule has 160 valence electrons. The molecule has 3 aliphatic rings. The third-order valence-electron chi connectivity index (χ3n) is 5.54. The number of benzene rings is 1. The summed E-state index contributed by atoms with van der Waals surface area (Å²) in [7, 11) is 0. The first-order valence-corrected chi connectivity index (χ1v) is 9.57. The van der Waals surface area contributed by atoms with Gasteiger partial charge in [-0.2, -0.15) is 0 Å². The first-order chi connectivity index (χ1) is 13.1. The first-order valence-electron chi connectivity index (χ1n) is 9.57. The van der Waals surface area contributed by atoms with Crippen molar-refractivity contribution in [2.75, 3.05) is 44.6 Å². The molecule has 0 saturated carbocycles. The molecule has 3 amide bonds. The summed E-state index contributed by atoms with van der Waals surface area (Å²) in [5, 5.41) is 9.14. The normalized spacial score (nSPS) is 21.7. The van der Waals surface area contributed by atoms with E-state index in [0.717, 1.165) is 50.5 Å². The van der Waals surface area contributed by atoms with E-state index < -0.39 is 6.04 Å². The Morgan fingerprint density at radius 3 is 2.59 bits per heavy atom. The SMILES string of the molecule is Cl.Cl.O=C1CCC(N2Cc3c(NCCN4CCNCC4)cccc3C2=O)C(=O)N1. The largest absolute Gasteiger partial charge is 0.383 e. The average molecular weight is 444 g/mol. The van der Waals surface area contributed by atoms with Gasteiger partial charge in [-0.15, -0.1) is 24.8 Å². The lowest BCUT2D eigenvalue weighted by Gasteiger charge is -2.29. The number of hydrogen-bond donors (Lipinski definition) is 3. The van der Waals surface area contributed by atoms with Gasteiger partial charge in [0.25, 0.3) is 5.91 Å². The molecule has 0 aromatic heterocycles. The van der Waals surface area contributed by atoms with Gasteiger partial charge in [0.2, 0.25) is 11.8 Å². The number of halogens is 2. The minimum Gasteiger partial charge on any atom is -0.383 e. The minimum absolute atomic E-state index is 0. The van der Waals surface area contributed by atoms with E-state index >= 15 is 0 Å². The second kappa shape index (κ2) is 10.2. The molecule has 3 aliphatic heterocycles. The first kappa shape index (κ1) is 23.4. The Kier molecular flexibility index (Phi) is 8.27. The number of nitrogens with zero attached hydrogens (tertiary/aromatic N) is 2. The maximum atomic E-state index is 12.8. The van der Waals surface area contributed by atoms with E-state index in [1.807, 2.05) is 18.2 Å². The number of imide groups is 1. The van der Waals surface area contributed by atoms with Crippen molar-refractivity contribution in [3.63, 3.8) is 0 Å². The van der Waals surface area contributed by atoms with Crippen LogP contribution < -0.4 is 16.0 Å². The summed E-state index contributed by atoms with van der Waals surface area (Å²) in [6, 6.07) is 5.09. The van der Waals surface area contributed by atoms with Gasteiger partial charge in [0.05, 0.1) is 0 Å². The van der Waals surface area contributed by atoms with Crippen LogP contribution in [-0.2, 0) is 16.1 Å². The number of fused-ring (bicyclic) bond motifs is 1. The number of piperazine rings is 1. The smallest absolute Gasteiger partial charge is 0.255 e. The van der Waals surface area contributed by atoms with Crippen molar-refractivity contribution in [3.8, 4) is 0 Å². The van der Waals surface area contributed by atoms with Crippen LogP contribution in [0, 0.1) is 0 Å². The van der Waals surface area contributed by atoms with Crippen LogP contribution in [0.1, 0.15) is 28.8 Å². The Morgan fingerprint density at radius 1 is 1.10 bits per heavy atom. The zero-order chi connectivity index (χ0) is 18.8. The molecule has 10 heteroatoms. The molecule has 0 bridgehead atoms. The van der Waals surface area contributed by atoms with Crippen molar-refractivity contribution in [2.45, 2.75) is 25.4 Å². The molecular formula is C19H27Cl2N5O3. The van der Waals surface area contributed by atoms with Crippen LogP contribution in [-0.4, -0.2) is 72.8 Å². The van der Waals surface area contributed by atoms with Crippen LogP contribution in [0.15, 0.2) is 18.2 Å². The van der Waals surface area contributed by atoms with Gasteiger partial charge >= 0.3 is 0 Å². The van der Waals surface area contributed by atoms with Crippen molar-refractivity contribution >= 4 is 48.2 Å². The zero-order valence-corrected chi connectivity index (χ0v) is 17.7. The summed E-state index contributed by atoms with van der Waals surface area (Å²) in [6.07, 6.45) is 0.655. The number of carbonyl (C=O) groups excluding carboxylic acids is 3. The van der Waals surface area contributed by atoms with Gasteiger partial charge in [-0.1, -0.05) is 6.07 Å². The molecule has 2 saturated heterocycles. The highest BCUT2D eigenvalue weighted by atomic mass is 35.5. The standard InChI is InChI=1S/C19H25N5O3.2ClH/c25-17-5-4-16(18(26)22-17)24-12-14-13(19(24)27)2-1-3-15(14)21-8-11-23-9-6-20-7-10-23;;/h1-3,16,20-21H,4-12H2,(H,22,25,26);2*1H. The van der Waals surface area contributed by atoms with Gasteiger partial charge in [0.1, 0.15) is 6.04 Å². The Morgan fingerprint density at radius 2 is 1.86 bits per heavy atom. The molecule has 2 fully saturated rings. The molecule has 3 heterocycles. The topological polar surface area (TPSA) is 93.8 Å². The number of amides is 3. The second-order valence-corrected chi connectivity index (χ2v) is 7.25. The molecule has 0 spiro atoms. The highest BCUT2D eigenvalue weighted by Gasteiger charge is 2.39. The monoisotopic (exact) mass is 443 g/mol. The van der Waals surface area contributed by atoms with Gasteiger partial charge in [-0.3, -0.25) is 24.6 Å². The Labute approximate surface area is 182 Å². The molecule has 0 aliphatic carbocycles. The lowest BCUT2D eigenvalue weighted by molar-refractivity contribution is -0.136. The molecule has 29 heavy (non-hydrogen) atoms. The van der Waals surface area contributed by atoms with E-state index in [-0.39, 0.29) is 49.0 Å². The van der Waals surface area contributed by atoms with Gasteiger partial charge in [0, 0.05) is 69.0 Å². The Balaban J connectivity index is 0.00000150. The fourth-order valence-electron chi connectivity index (χ4n) is 4.03. The third kappa shape index (κ3) is 5.01. The summed E-state index contributed by atoms with van der Waals surface area (Å²) < 4.78 is 0. The summed E-state index contributed by atoms with van der Waals surface area (Å²) >= 11 is 0. The van der Waals surface area contributed by atoms with E-state index in [1.54, 1.807) is 4.90 Å². The highest BCUT2D eigenvalue weighted by molar-refractivity contribution is 6.06. The zero-order valence-electron chi connectivity index (χ0n) is 16.1. The molecule has 0 radical (unpaired) electrons. The van der Waals surface area contributed by atoms with Crippen molar-refractivity contribution in [1.29, 1.82) is 0 Å². The van der Waals surface area contributed by atoms with E-state index in [1.165, 1.54) is 0 Å². The van der Waals surface area contributed by atoms with Crippen LogP contribution >= 0.6 is 24.8 Å². The third-order valence-corrected chi connectivity index (χ3v) is 5.54. The summed E-state index contributed by atoms with van der Waals surface area (Å²) in [5.41, 5.74) is 2.53. The van der Waals surface area contributed by atoms with Crippen LogP contribution in [0.25, 0.3) is 0 Å². The number of rotatable bonds is 5. The van der Waals surface area contributed by atoms with Crippen LogP contribution in [0.2, 0.25) is 0 Å².